The fourth-order valence-electron chi connectivity index (χ4n) is 5.07. The smallest absolute Gasteiger partial charge is 0.166 e. The molecule has 114 valence electrons. The number of hydrogen-bond acceptors (Lipinski definition) is 2. The van der Waals surface area contributed by atoms with E-state index < -0.39 is 0 Å². The van der Waals surface area contributed by atoms with Crippen molar-refractivity contribution in [1.29, 1.82) is 0 Å². The lowest BCUT2D eigenvalue weighted by Gasteiger charge is -2.56. The molecule has 3 aliphatic heterocycles. The maximum atomic E-state index is 6.76. The molecule has 1 spiro atoms. The largest absolute Gasteiger partial charge is 0.472 e. The Morgan fingerprint density at radius 2 is 1.91 bits per heavy atom. The van der Waals surface area contributed by atoms with E-state index in [1.54, 1.807) is 0 Å². The first kappa shape index (κ1) is 13.0. The van der Waals surface area contributed by atoms with Crippen LogP contribution in [0.1, 0.15) is 37.7 Å². The van der Waals surface area contributed by atoms with Gasteiger partial charge in [0, 0.05) is 31.0 Å². The van der Waals surface area contributed by atoms with Crippen LogP contribution < -0.4 is 4.74 Å². The van der Waals surface area contributed by atoms with Crippen molar-refractivity contribution in [3.8, 4) is 5.75 Å². The number of rotatable bonds is 0. The van der Waals surface area contributed by atoms with Crippen molar-refractivity contribution in [2.24, 2.45) is 5.92 Å². The first-order valence-corrected chi connectivity index (χ1v) is 8.81. The highest BCUT2D eigenvalue weighted by Crippen LogP contribution is 2.49. The molecule has 2 aromatic rings. The molecule has 2 fully saturated rings. The van der Waals surface area contributed by atoms with Gasteiger partial charge in [0.2, 0.25) is 0 Å². The average molecular weight is 293 g/mol. The Bertz CT molecular complexity index is 723. The van der Waals surface area contributed by atoms with E-state index in [0.29, 0.717) is 5.92 Å². The zero-order chi connectivity index (χ0) is 14.6. The van der Waals surface area contributed by atoms with Crippen LogP contribution in [0.5, 0.6) is 5.75 Å². The summed E-state index contributed by atoms with van der Waals surface area (Å²) in [5, 5.41) is 2.74. The van der Waals surface area contributed by atoms with Gasteiger partial charge >= 0.3 is 0 Å². The van der Waals surface area contributed by atoms with Crippen molar-refractivity contribution < 1.29 is 4.74 Å². The normalized spacial score (nSPS) is 31.0. The Hall–Kier alpha value is -1.54. The van der Waals surface area contributed by atoms with Crippen LogP contribution in [0.4, 0.5) is 0 Å². The third-order valence-electron chi connectivity index (χ3n) is 6.10. The number of fused-ring (bicyclic) bond motifs is 3. The Balaban J connectivity index is 1.66. The molecule has 0 saturated carbocycles. The van der Waals surface area contributed by atoms with Gasteiger partial charge in [0.1, 0.15) is 5.75 Å². The van der Waals surface area contributed by atoms with Gasteiger partial charge in [-0.15, -0.1) is 0 Å². The summed E-state index contributed by atoms with van der Waals surface area (Å²) in [4.78, 5) is 2.66. The summed E-state index contributed by atoms with van der Waals surface area (Å²) in [5.74, 6) is 1.81. The van der Waals surface area contributed by atoms with Crippen molar-refractivity contribution >= 4 is 10.8 Å². The number of hydrogen-bond donors (Lipinski definition) is 0. The lowest BCUT2D eigenvalue weighted by Crippen LogP contribution is -2.64. The molecule has 0 radical (unpaired) electrons. The molecule has 2 saturated heterocycles. The average Bonchev–Trinajstić information content (AvgIpc) is 2.58. The van der Waals surface area contributed by atoms with Gasteiger partial charge in [0.15, 0.2) is 5.72 Å². The Morgan fingerprint density at radius 1 is 1.00 bits per heavy atom. The molecule has 0 aliphatic carbocycles. The SMILES string of the molecule is c1ccc2c3c(ccc2c1)O[C@@]12CCCCN1CCC[C@@H]2C3. The molecule has 0 amide bonds. The van der Waals surface area contributed by atoms with Crippen molar-refractivity contribution in [2.75, 3.05) is 13.1 Å². The van der Waals surface area contributed by atoms with Crippen LogP contribution >= 0.6 is 0 Å². The van der Waals surface area contributed by atoms with Crippen molar-refractivity contribution in [2.45, 2.75) is 44.2 Å². The van der Waals surface area contributed by atoms with Crippen LogP contribution in [-0.2, 0) is 6.42 Å². The van der Waals surface area contributed by atoms with E-state index in [-0.39, 0.29) is 5.72 Å². The van der Waals surface area contributed by atoms with E-state index in [0.717, 1.165) is 5.75 Å². The van der Waals surface area contributed by atoms with E-state index >= 15 is 0 Å². The maximum Gasteiger partial charge on any atom is 0.166 e. The lowest BCUT2D eigenvalue weighted by atomic mass is 9.74. The van der Waals surface area contributed by atoms with E-state index in [1.807, 2.05) is 0 Å². The first-order valence-electron chi connectivity index (χ1n) is 8.81. The minimum absolute atomic E-state index is 0.00591. The quantitative estimate of drug-likeness (QED) is 0.715. The van der Waals surface area contributed by atoms with Gasteiger partial charge in [-0.2, -0.15) is 0 Å². The van der Waals surface area contributed by atoms with Crippen LogP contribution in [0.2, 0.25) is 0 Å². The predicted octanol–water partition coefficient (Wildman–Crippen LogP) is 4.37. The van der Waals surface area contributed by atoms with Gasteiger partial charge in [0.25, 0.3) is 0 Å². The van der Waals surface area contributed by atoms with Crippen molar-refractivity contribution in [3.05, 3.63) is 42.0 Å². The minimum Gasteiger partial charge on any atom is -0.472 e. The van der Waals surface area contributed by atoms with E-state index in [1.165, 1.54) is 68.0 Å². The molecular formula is C20H23NO. The second-order valence-electron chi connectivity index (χ2n) is 7.20. The van der Waals surface area contributed by atoms with E-state index in [9.17, 15) is 0 Å². The standard InChI is InChI=1S/C20H23NO/c1-2-8-17-15(6-1)9-10-19-18(17)14-16-7-5-13-21-12-4-3-11-20(16,21)22-19/h1-2,6,8-10,16H,3-5,7,11-14H2/t16-,20-/m1/s1. The number of piperidine rings is 2. The van der Waals surface area contributed by atoms with Gasteiger partial charge < -0.3 is 4.74 Å². The molecular weight excluding hydrogens is 270 g/mol. The molecule has 22 heavy (non-hydrogen) atoms. The van der Waals surface area contributed by atoms with Gasteiger partial charge in [-0.25, -0.2) is 0 Å². The molecule has 0 bridgehead atoms. The summed E-state index contributed by atoms with van der Waals surface area (Å²) in [6.45, 7) is 2.44. The Labute approximate surface area is 132 Å². The van der Waals surface area contributed by atoms with Crippen LogP contribution in [0.15, 0.2) is 36.4 Å². The van der Waals surface area contributed by atoms with Gasteiger partial charge in [-0.3, -0.25) is 4.90 Å². The summed E-state index contributed by atoms with van der Waals surface area (Å²) in [6.07, 6.45) is 7.70. The summed E-state index contributed by atoms with van der Waals surface area (Å²) in [6, 6.07) is 13.2. The molecule has 2 atom stereocenters. The molecule has 0 aromatic heterocycles. The summed E-state index contributed by atoms with van der Waals surface area (Å²) in [7, 11) is 0. The molecule has 2 aromatic carbocycles. The molecule has 3 aliphatic rings. The van der Waals surface area contributed by atoms with Crippen LogP contribution in [0, 0.1) is 5.92 Å². The molecule has 0 unspecified atom stereocenters. The molecule has 2 heteroatoms. The Kier molecular flexibility index (Phi) is 2.78. The van der Waals surface area contributed by atoms with E-state index in [4.69, 9.17) is 4.74 Å². The molecule has 5 rings (SSSR count). The monoisotopic (exact) mass is 293 g/mol. The summed E-state index contributed by atoms with van der Waals surface area (Å²) in [5.41, 5.74) is 1.45. The zero-order valence-corrected chi connectivity index (χ0v) is 13.1. The predicted molar refractivity (Wildman–Crippen MR) is 89.2 cm³/mol. The third-order valence-corrected chi connectivity index (χ3v) is 6.10. The summed E-state index contributed by atoms with van der Waals surface area (Å²) < 4.78 is 6.76. The first-order chi connectivity index (χ1) is 10.9. The maximum absolute atomic E-state index is 6.76. The highest BCUT2D eigenvalue weighted by Gasteiger charge is 2.51. The van der Waals surface area contributed by atoms with Crippen LogP contribution in [0.3, 0.4) is 0 Å². The van der Waals surface area contributed by atoms with Crippen molar-refractivity contribution in [1.82, 2.24) is 4.90 Å². The number of benzene rings is 2. The van der Waals surface area contributed by atoms with E-state index in [2.05, 4.69) is 41.3 Å². The topological polar surface area (TPSA) is 12.5 Å². The van der Waals surface area contributed by atoms with Crippen LogP contribution in [0.25, 0.3) is 10.8 Å². The highest BCUT2D eigenvalue weighted by molar-refractivity contribution is 5.88. The Morgan fingerprint density at radius 3 is 2.91 bits per heavy atom. The minimum atomic E-state index is 0.00591. The molecule has 3 heterocycles. The number of ether oxygens (including phenoxy) is 1. The van der Waals surface area contributed by atoms with Gasteiger partial charge in [-0.05, 0) is 48.9 Å². The van der Waals surface area contributed by atoms with Crippen LogP contribution in [-0.4, -0.2) is 23.7 Å². The second-order valence-corrected chi connectivity index (χ2v) is 7.20. The molecule has 2 nitrogen and oxygen atoms in total. The van der Waals surface area contributed by atoms with Crippen molar-refractivity contribution in [3.63, 3.8) is 0 Å². The molecule has 0 N–H and O–H groups in total. The number of nitrogens with zero attached hydrogens (tertiary/aromatic N) is 1. The fraction of sp³-hybridized carbons (Fsp3) is 0.500. The zero-order valence-electron chi connectivity index (χ0n) is 13.1. The second kappa shape index (κ2) is 4.73. The van der Waals surface area contributed by atoms with Gasteiger partial charge in [0.05, 0.1) is 0 Å². The lowest BCUT2D eigenvalue weighted by molar-refractivity contribution is -0.177. The summed E-state index contributed by atoms with van der Waals surface area (Å²) >= 11 is 0. The highest BCUT2D eigenvalue weighted by atomic mass is 16.5. The van der Waals surface area contributed by atoms with Gasteiger partial charge in [-0.1, -0.05) is 30.3 Å². The third kappa shape index (κ3) is 1.70. The fourth-order valence-corrected chi connectivity index (χ4v) is 5.07.